The maximum absolute atomic E-state index is 12.8. The molecule has 1 aliphatic carbocycles. The molecule has 0 atom stereocenters. The van der Waals surface area contributed by atoms with Gasteiger partial charge in [0.05, 0.1) is 13.2 Å². The van der Waals surface area contributed by atoms with Crippen LogP contribution in [0.25, 0.3) is 16.8 Å². The normalized spacial score (nSPS) is 15.0. The van der Waals surface area contributed by atoms with E-state index in [1.54, 1.807) is 6.08 Å². The van der Waals surface area contributed by atoms with E-state index in [1.165, 1.54) is 6.42 Å². The predicted molar refractivity (Wildman–Crippen MR) is 115 cm³/mol. The Morgan fingerprint density at radius 2 is 1.86 bits per heavy atom. The van der Waals surface area contributed by atoms with E-state index in [1.807, 2.05) is 44.2 Å². The first-order chi connectivity index (χ1) is 14.2. The van der Waals surface area contributed by atoms with Crippen molar-refractivity contribution >= 4 is 22.8 Å². The van der Waals surface area contributed by atoms with Crippen LogP contribution in [0.15, 0.2) is 35.9 Å². The maximum Gasteiger partial charge on any atom is 0.262 e. The van der Waals surface area contributed by atoms with Gasteiger partial charge in [0.15, 0.2) is 0 Å². The fourth-order valence-corrected chi connectivity index (χ4v) is 3.79. The molecule has 2 aromatic carbocycles. The quantitative estimate of drug-likeness (QED) is 0.532. The molecule has 0 aliphatic heterocycles. The molecule has 5 nitrogen and oxygen atoms in total. The second kappa shape index (κ2) is 9.97. The van der Waals surface area contributed by atoms with Gasteiger partial charge in [-0.3, -0.25) is 4.79 Å². The van der Waals surface area contributed by atoms with Gasteiger partial charge in [0.1, 0.15) is 23.1 Å². The highest BCUT2D eigenvalue weighted by molar-refractivity contribution is 6.05. The molecule has 1 amide bonds. The average molecular weight is 392 g/mol. The van der Waals surface area contributed by atoms with Gasteiger partial charge < -0.3 is 14.8 Å². The van der Waals surface area contributed by atoms with Crippen LogP contribution in [-0.2, 0) is 4.79 Å². The Morgan fingerprint density at radius 1 is 1.14 bits per heavy atom. The van der Waals surface area contributed by atoms with E-state index in [-0.39, 0.29) is 17.5 Å². The van der Waals surface area contributed by atoms with Crippen molar-refractivity contribution in [3.63, 3.8) is 0 Å². The number of benzene rings is 2. The van der Waals surface area contributed by atoms with Crippen molar-refractivity contribution in [2.45, 2.75) is 52.0 Å². The first kappa shape index (κ1) is 20.7. The molecule has 0 unspecified atom stereocenters. The SMILES string of the molecule is CCOc1ccc2ccc(OCC)c(/C=C(/C#N)C(=O)NC3CCCCC3)c2c1. The smallest absolute Gasteiger partial charge is 0.262 e. The molecule has 2 aromatic rings. The zero-order chi connectivity index (χ0) is 20.6. The minimum Gasteiger partial charge on any atom is -0.494 e. The van der Waals surface area contributed by atoms with Gasteiger partial charge in [-0.2, -0.15) is 5.26 Å². The molecule has 0 radical (unpaired) electrons. The Morgan fingerprint density at radius 3 is 2.55 bits per heavy atom. The van der Waals surface area contributed by atoms with Gasteiger partial charge >= 0.3 is 0 Å². The molecule has 1 N–H and O–H groups in total. The first-order valence-electron chi connectivity index (χ1n) is 10.4. The molecule has 0 aromatic heterocycles. The number of hydrogen-bond acceptors (Lipinski definition) is 4. The van der Waals surface area contributed by atoms with Crippen LogP contribution in [0.1, 0.15) is 51.5 Å². The van der Waals surface area contributed by atoms with Crippen molar-refractivity contribution < 1.29 is 14.3 Å². The molecule has 1 saturated carbocycles. The summed E-state index contributed by atoms with van der Waals surface area (Å²) in [4.78, 5) is 12.8. The van der Waals surface area contributed by atoms with Crippen LogP contribution in [0.4, 0.5) is 0 Å². The van der Waals surface area contributed by atoms with Gasteiger partial charge in [0.2, 0.25) is 0 Å². The highest BCUT2D eigenvalue weighted by atomic mass is 16.5. The highest BCUT2D eigenvalue weighted by Crippen LogP contribution is 2.33. The molecule has 0 heterocycles. The third kappa shape index (κ3) is 5.08. The molecule has 152 valence electrons. The van der Waals surface area contributed by atoms with Gasteiger partial charge in [0.25, 0.3) is 5.91 Å². The number of rotatable bonds is 7. The number of fused-ring (bicyclic) bond motifs is 1. The van der Waals surface area contributed by atoms with Gasteiger partial charge in [-0.15, -0.1) is 0 Å². The summed E-state index contributed by atoms with van der Waals surface area (Å²) in [7, 11) is 0. The summed E-state index contributed by atoms with van der Waals surface area (Å²) in [6.07, 6.45) is 7.04. The zero-order valence-corrected chi connectivity index (χ0v) is 17.2. The van der Waals surface area contributed by atoms with Crippen molar-refractivity contribution in [3.05, 3.63) is 41.5 Å². The first-order valence-corrected chi connectivity index (χ1v) is 10.4. The number of nitriles is 1. The largest absolute Gasteiger partial charge is 0.494 e. The summed E-state index contributed by atoms with van der Waals surface area (Å²) in [5.41, 5.74) is 0.812. The second-order valence-corrected chi connectivity index (χ2v) is 7.20. The fraction of sp³-hybridized carbons (Fsp3) is 0.417. The fourth-order valence-electron chi connectivity index (χ4n) is 3.79. The lowest BCUT2D eigenvalue weighted by Gasteiger charge is -2.22. The Balaban J connectivity index is 2.01. The van der Waals surface area contributed by atoms with Crippen molar-refractivity contribution in [1.29, 1.82) is 5.26 Å². The van der Waals surface area contributed by atoms with Gasteiger partial charge in [-0.1, -0.05) is 31.4 Å². The molecule has 1 aliphatic rings. The van der Waals surface area contributed by atoms with Crippen molar-refractivity contribution in [3.8, 4) is 17.6 Å². The van der Waals surface area contributed by atoms with Gasteiger partial charge in [-0.05, 0) is 61.7 Å². The lowest BCUT2D eigenvalue weighted by atomic mass is 9.95. The van der Waals surface area contributed by atoms with E-state index in [9.17, 15) is 10.1 Å². The number of hydrogen-bond donors (Lipinski definition) is 1. The van der Waals surface area contributed by atoms with Crippen LogP contribution in [-0.4, -0.2) is 25.2 Å². The Hall–Kier alpha value is -3.00. The average Bonchev–Trinajstić information content (AvgIpc) is 2.74. The summed E-state index contributed by atoms with van der Waals surface area (Å²) in [6, 6.07) is 11.9. The van der Waals surface area contributed by atoms with Crippen molar-refractivity contribution in [2.75, 3.05) is 13.2 Å². The van der Waals surface area contributed by atoms with Crippen LogP contribution in [0.2, 0.25) is 0 Å². The van der Waals surface area contributed by atoms with E-state index >= 15 is 0 Å². The van der Waals surface area contributed by atoms with Crippen LogP contribution in [0.3, 0.4) is 0 Å². The molecular formula is C24H28N2O3. The molecule has 0 saturated heterocycles. The van der Waals surface area contributed by atoms with E-state index in [4.69, 9.17) is 9.47 Å². The monoisotopic (exact) mass is 392 g/mol. The van der Waals surface area contributed by atoms with Crippen LogP contribution >= 0.6 is 0 Å². The number of nitrogens with one attached hydrogen (secondary N) is 1. The Kier molecular flexibility index (Phi) is 7.13. The van der Waals surface area contributed by atoms with E-state index in [2.05, 4.69) is 11.4 Å². The molecular weight excluding hydrogens is 364 g/mol. The van der Waals surface area contributed by atoms with E-state index in [0.717, 1.165) is 47.8 Å². The minimum absolute atomic E-state index is 0.0887. The van der Waals surface area contributed by atoms with E-state index < -0.39 is 0 Å². The summed E-state index contributed by atoms with van der Waals surface area (Å²) in [5, 5.41) is 14.6. The standard InChI is InChI=1S/C24H28N2O3/c1-3-28-20-12-10-17-11-13-23(29-4-2)22(21(17)15-20)14-18(16-25)24(27)26-19-8-6-5-7-9-19/h10-15,19H,3-9H2,1-2H3,(H,26,27)/b18-14-. The molecule has 0 bridgehead atoms. The molecule has 3 rings (SSSR count). The summed E-state index contributed by atoms with van der Waals surface area (Å²) in [5.74, 6) is 1.07. The number of nitrogens with zero attached hydrogens (tertiary/aromatic N) is 1. The summed E-state index contributed by atoms with van der Waals surface area (Å²) < 4.78 is 11.4. The lowest BCUT2D eigenvalue weighted by molar-refractivity contribution is -0.117. The molecule has 29 heavy (non-hydrogen) atoms. The summed E-state index contributed by atoms with van der Waals surface area (Å²) >= 11 is 0. The molecule has 0 spiro atoms. The number of carbonyl (C=O) groups excluding carboxylic acids is 1. The topological polar surface area (TPSA) is 71.3 Å². The third-order valence-electron chi connectivity index (χ3n) is 5.20. The molecule has 5 heteroatoms. The minimum atomic E-state index is -0.320. The zero-order valence-electron chi connectivity index (χ0n) is 17.2. The second-order valence-electron chi connectivity index (χ2n) is 7.20. The van der Waals surface area contributed by atoms with Crippen molar-refractivity contribution in [2.24, 2.45) is 0 Å². The summed E-state index contributed by atoms with van der Waals surface area (Å²) in [6.45, 7) is 4.91. The van der Waals surface area contributed by atoms with Crippen LogP contribution < -0.4 is 14.8 Å². The van der Waals surface area contributed by atoms with E-state index in [0.29, 0.717) is 19.0 Å². The maximum atomic E-state index is 12.8. The van der Waals surface area contributed by atoms with Crippen LogP contribution in [0, 0.1) is 11.3 Å². The van der Waals surface area contributed by atoms with Crippen LogP contribution in [0.5, 0.6) is 11.5 Å². The third-order valence-corrected chi connectivity index (χ3v) is 5.20. The van der Waals surface area contributed by atoms with Gasteiger partial charge in [-0.25, -0.2) is 0 Å². The Labute approximate surface area is 172 Å². The molecule has 1 fully saturated rings. The predicted octanol–water partition coefficient (Wildman–Crippen LogP) is 4.99. The Bertz CT molecular complexity index is 932. The van der Waals surface area contributed by atoms with Gasteiger partial charge in [0, 0.05) is 11.6 Å². The highest BCUT2D eigenvalue weighted by Gasteiger charge is 2.19. The number of amides is 1. The number of carbonyl (C=O) groups is 1. The lowest BCUT2D eigenvalue weighted by Crippen LogP contribution is -2.36. The number of ether oxygens (including phenoxy) is 2. The van der Waals surface area contributed by atoms with Crippen molar-refractivity contribution in [1.82, 2.24) is 5.32 Å².